The Kier molecular flexibility index (Phi) is 6.01. The van der Waals surface area contributed by atoms with E-state index in [2.05, 4.69) is 0 Å². The molecule has 10 nitrogen and oxygen atoms in total. The number of rotatable bonds is 4. The normalized spacial score (nSPS) is 11.8. The Morgan fingerprint density at radius 1 is 0.720 bits per heavy atom. The number of carboxylic acid groups (broad SMARTS) is 2. The maximum absolute atomic E-state index is 11.5. The van der Waals surface area contributed by atoms with Crippen molar-refractivity contribution in [3.05, 3.63) is 35.4 Å². The fourth-order valence-corrected chi connectivity index (χ4v) is 3.51. The van der Waals surface area contributed by atoms with E-state index in [0.29, 0.717) is 12.1 Å². The molecule has 4 N–H and O–H groups in total. The Morgan fingerprint density at radius 2 is 1.00 bits per heavy atom. The van der Waals surface area contributed by atoms with Gasteiger partial charge >= 0.3 is 41.5 Å². The second-order valence-corrected chi connectivity index (χ2v) is 7.38. The summed E-state index contributed by atoms with van der Waals surface area (Å²) in [5.41, 5.74) is -1.38. The number of hydrogen-bond donors (Lipinski definition) is 4. The SMILES string of the molecule is O=C(O)c1cc(S(=O)(=O)O)c2cc(C(=O)O)cc(S(=O)(=O)O)c2c1.[H-].[Na+]. The summed E-state index contributed by atoms with van der Waals surface area (Å²) in [5, 5.41) is 16.8. The average molecular weight is 400 g/mol. The summed E-state index contributed by atoms with van der Waals surface area (Å²) >= 11 is 0. The third-order valence-corrected chi connectivity index (χ3v) is 4.83. The van der Waals surface area contributed by atoms with Gasteiger partial charge in [0.2, 0.25) is 0 Å². The van der Waals surface area contributed by atoms with Gasteiger partial charge in [-0.25, -0.2) is 9.59 Å². The molecule has 2 aromatic rings. The molecule has 0 aliphatic heterocycles. The van der Waals surface area contributed by atoms with Crippen molar-refractivity contribution in [2.45, 2.75) is 9.79 Å². The van der Waals surface area contributed by atoms with Crippen LogP contribution in [0.5, 0.6) is 0 Å². The first kappa shape index (κ1) is 21.5. The largest absolute Gasteiger partial charge is 1.00 e. The predicted octanol–water partition coefficient (Wildman–Crippen LogP) is -2.15. The summed E-state index contributed by atoms with van der Waals surface area (Å²) in [7, 11) is -10.0. The number of fused-ring (bicyclic) bond motifs is 1. The predicted molar refractivity (Wildman–Crippen MR) is 78.6 cm³/mol. The van der Waals surface area contributed by atoms with Gasteiger partial charge in [0.1, 0.15) is 9.79 Å². The summed E-state index contributed by atoms with van der Waals surface area (Å²) in [5.74, 6) is -3.27. The zero-order valence-electron chi connectivity index (χ0n) is 13.4. The minimum atomic E-state index is -5.02. The van der Waals surface area contributed by atoms with Crippen LogP contribution in [0.3, 0.4) is 0 Å². The summed E-state index contributed by atoms with van der Waals surface area (Å²) in [6.45, 7) is 0. The summed E-state index contributed by atoms with van der Waals surface area (Å²) < 4.78 is 64.3. The van der Waals surface area contributed by atoms with Crippen LogP contribution in [0.25, 0.3) is 10.8 Å². The first-order valence-electron chi connectivity index (χ1n) is 5.85. The number of hydrogen-bond acceptors (Lipinski definition) is 6. The van der Waals surface area contributed by atoms with Crippen LogP contribution in [0.15, 0.2) is 34.1 Å². The molecule has 0 atom stereocenters. The van der Waals surface area contributed by atoms with Gasteiger partial charge in [-0.2, -0.15) is 16.8 Å². The van der Waals surface area contributed by atoms with Gasteiger partial charge in [0.15, 0.2) is 0 Å². The molecule has 0 fully saturated rings. The summed E-state index contributed by atoms with van der Waals surface area (Å²) in [4.78, 5) is 20.1. The minimum absolute atomic E-state index is 0. The molecule has 25 heavy (non-hydrogen) atoms. The second-order valence-electron chi connectivity index (χ2n) is 4.60. The van der Waals surface area contributed by atoms with E-state index in [9.17, 15) is 35.5 Å². The molecule has 2 rings (SSSR count). The molecular weight excluding hydrogens is 391 g/mol. The number of aromatic carboxylic acids is 2. The van der Waals surface area contributed by atoms with E-state index in [-0.39, 0.29) is 31.0 Å². The van der Waals surface area contributed by atoms with Crippen LogP contribution in [-0.4, -0.2) is 48.1 Å². The third kappa shape index (κ3) is 4.36. The molecule has 0 saturated heterocycles. The molecule has 0 amide bonds. The van der Waals surface area contributed by atoms with Gasteiger partial charge in [-0.1, -0.05) is 0 Å². The Balaban J connectivity index is 0.00000312. The van der Waals surface area contributed by atoms with Gasteiger partial charge in [0.05, 0.1) is 11.1 Å². The van der Waals surface area contributed by atoms with Crippen molar-refractivity contribution in [1.82, 2.24) is 0 Å². The van der Waals surface area contributed by atoms with Crippen molar-refractivity contribution in [2.24, 2.45) is 0 Å². The molecule has 0 aliphatic rings. The van der Waals surface area contributed by atoms with Crippen LogP contribution in [0.2, 0.25) is 0 Å². The van der Waals surface area contributed by atoms with Gasteiger partial charge in [-0.3, -0.25) is 9.11 Å². The maximum Gasteiger partial charge on any atom is 1.00 e. The van der Waals surface area contributed by atoms with E-state index < -0.39 is 63.9 Å². The van der Waals surface area contributed by atoms with Crippen molar-refractivity contribution in [3.8, 4) is 0 Å². The molecule has 13 heteroatoms. The molecule has 0 spiro atoms. The minimum Gasteiger partial charge on any atom is -1.00 e. The van der Waals surface area contributed by atoms with Crippen LogP contribution in [0, 0.1) is 0 Å². The summed E-state index contributed by atoms with van der Waals surface area (Å²) in [6.07, 6.45) is 0. The van der Waals surface area contributed by atoms with Crippen LogP contribution in [0.1, 0.15) is 22.1 Å². The van der Waals surface area contributed by atoms with Gasteiger partial charge in [0.25, 0.3) is 20.2 Å². The molecule has 130 valence electrons. The smallest absolute Gasteiger partial charge is 1.00 e. The zero-order valence-corrected chi connectivity index (χ0v) is 16.0. The number of benzene rings is 2. The summed E-state index contributed by atoms with van der Waals surface area (Å²) in [6, 6.07) is 2.56. The third-order valence-electron chi connectivity index (χ3n) is 3.04. The molecule has 0 saturated carbocycles. The zero-order chi connectivity index (χ0) is 18.4. The molecule has 2 aromatic carbocycles. The molecule has 0 unspecified atom stereocenters. The van der Waals surface area contributed by atoms with Crippen molar-refractivity contribution < 1.29 is 76.7 Å². The first-order chi connectivity index (χ1) is 10.8. The maximum atomic E-state index is 11.5. The van der Waals surface area contributed by atoms with Crippen molar-refractivity contribution >= 4 is 42.9 Å². The van der Waals surface area contributed by atoms with Crippen molar-refractivity contribution in [1.29, 1.82) is 0 Å². The number of carbonyl (C=O) groups is 2. The Labute approximate surface area is 164 Å². The van der Waals surface area contributed by atoms with Crippen molar-refractivity contribution in [2.75, 3.05) is 0 Å². The van der Waals surface area contributed by atoms with E-state index in [1.807, 2.05) is 0 Å². The monoisotopic (exact) mass is 400 g/mol. The second kappa shape index (κ2) is 6.99. The van der Waals surface area contributed by atoms with Crippen LogP contribution >= 0.6 is 0 Å². The Bertz CT molecular complexity index is 1020. The van der Waals surface area contributed by atoms with E-state index in [1.165, 1.54) is 0 Å². The fraction of sp³-hybridized carbons (Fsp3) is 0. The van der Waals surface area contributed by atoms with Gasteiger partial charge in [-0.15, -0.1) is 0 Å². The topological polar surface area (TPSA) is 183 Å². The van der Waals surface area contributed by atoms with Gasteiger partial charge < -0.3 is 11.6 Å². The Hall–Kier alpha value is -1.54. The molecule has 0 aromatic heterocycles. The molecule has 0 aliphatic carbocycles. The first-order valence-corrected chi connectivity index (χ1v) is 8.74. The molecule has 0 radical (unpaired) electrons. The van der Waals surface area contributed by atoms with E-state index in [0.717, 1.165) is 12.1 Å². The van der Waals surface area contributed by atoms with Crippen LogP contribution in [-0.2, 0) is 20.2 Å². The molecular formula is C12H9NaO10S2. The quantitative estimate of drug-likeness (QED) is 0.326. The fourth-order valence-electron chi connectivity index (χ4n) is 2.07. The van der Waals surface area contributed by atoms with Gasteiger partial charge in [0, 0.05) is 10.8 Å². The Morgan fingerprint density at radius 3 is 1.20 bits per heavy atom. The number of carboxylic acids is 2. The van der Waals surface area contributed by atoms with Crippen LogP contribution < -0.4 is 29.6 Å². The van der Waals surface area contributed by atoms with E-state index in [4.69, 9.17) is 10.2 Å². The van der Waals surface area contributed by atoms with E-state index in [1.54, 1.807) is 0 Å². The molecule has 0 bridgehead atoms. The standard InChI is InChI=1S/C12H8O10S2.Na.H/c13-11(14)5-1-7-8(10(3-5)24(20,21)22)2-6(12(15)16)4-9(7)23(17,18)19;;/h1-4H,(H,13,14)(H,15,16)(H,17,18,19)(H,20,21,22);;/q;+1;-1. The molecule has 0 heterocycles. The van der Waals surface area contributed by atoms with Gasteiger partial charge in [-0.05, 0) is 24.3 Å². The van der Waals surface area contributed by atoms with Crippen molar-refractivity contribution in [3.63, 3.8) is 0 Å². The van der Waals surface area contributed by atoms with E-state index >= 15 is 0 Å². The average Bonchev–Trinajstić information content (AvgIpc) is 2.42. The van der Waals surface area contributed by atoms with Crippen LogP contribution in [0.4, 0.5) is 0 Å².